The van der Waals surface area contributed by atoms with Gasteiger partial charge in [0.2, 0.25) is 0 Å². The van der Waals surface area contributed by atoms with Crippen molar-refractivity contribution in [2.24, 2.45) is 11.8 Å². The lowest BCUT2D eigenvalue weighted by Crippen LogP contribution is -2.37. The average Bonchev–Trinajstić information content (AvgIpc) is 3.09. The zero-order valence-corrected chi connectivity index (χ0v) is 27.2. The number of aliphatic hydroxyl groups is 1. The molecule has 0 saturated heterocycles. The molecule has 0 aliphatic heterocycles. The molecule has 242 valence electrons. The van der Waals surface area contributed by atoms with Crippen molar-refractivity contribution in [3.05, 3.63) is 120 Å². The Kier molecular flexibility index (Phi) is 14.1. The Bertz CT molecular complexity index is 1240. The summed E-state index contributed by atoms with van der Waals surface area (Å²) in [5, 5.41) is 11.5. The molecule has 0 saturated carbocycles. The van der Waals surface area contributed by atoms with E-state index in [-0.39, 0.29) is 36.9 Å². The molecule has 45 heavy (non-hydrogen) atoms. The highest BCUT2D eigenvalue weighted by atomic mass is 16.7. The normalized spacial score (nSPS) is 15.3. The van der Waals surface area contributed by atoms with Crippen molar-refractivity contribution in [1.29, 1.82) is 0 Å². The van der Waals surface area contributed by atoms with E-state index >= 15 is 0 Å². The Morgan fingerprint density at radius 2 is 1.31 bits per heavy atom. The van der Waals surface area contributed by atoms with E-state index < -0.39 is 23.5 Å². The number of ether oxygens (including phenoxy) is 3. The maximum absolute atomic E-state index is 12.6. The van der Waals surface area contributed by atoms with Gasteiger partial charge in [0.05, 0.1) is 37.9 Å². The van der Waals surface area contributed by atoms with Crippen LogP contribution in [0.15, 0.2) is 103 Å². The molecule has 0 bridgehead atoms. The number of benzene rings is 3. The second-order valence-electron chi connectivity index (χ2n) is 11.2. The zero-order valence-electron chi connectivity index (χ0n) is 27.2. The first-order valence-corrected chi connectivity index (χ1v) is 15.2. The summed E-state index contributed by atoms with van der Waals surface area (Å²) in [6.07, 6.45) is 1.83. The van der Waals surface area contributed by atoms with Crippen molar-refractivity contribution in [3.8, 4) is 0 Å². The number of hydrogen-bond donors (Lipinski definition) is 1. The van der Waals surface area contributed by atoms with Gasteiger partial charge in [-0.15, -0.1) is 0 Å². The van der Waals surface area contributed by atoms with Crippen LogP contribution in [0.25, 0.3) is 0 Å². The number of amides is 1. The van der Waals surface area contributed by atoms with Crippen LogP contribution in [0.4, 0.5) is 0 Å². The molecule has 8 nitrogen and oxygen atoms in total. The first kappa shape index (κ1) is 35.8. The number of carbonyl (C=O) groups is 2. The summed E-state index contributed by atoms with van der Waals surface area (Å²) in [5.41, 5.74) is 2.13. The third-order valence-electron chi connectivity index (χ3n) is 8.29. The highest BCUT2D eigenvalue weighted by Crippen LogP contribution is 2.40. The van der Waals surface area contributed by atoms with Gasteiger partial charge in [0, 0.05) is 40.0 Å². The quantitative estimate of drug-likeness (QED) is 0.113. The van der Waals surface area contributed by atoms with Crippen LogP contribution in [0, 0.1) is 11.8 Å². The first-order chi connectivity index (χ1) is 21.7. The van der Waals surface area contributed by atoms with Crippen molar-refractivity contribution in [2.75, 3.05) is 35.0 Å². The molecule has 0 aliphatic carbocycles. The van der Waals surface area contributed by atoms with Crippen molar-refractivity contribution in [3.63, 3.8) is 0 Å². The Hall–Kier alpha value is -3.66. The Morgan fingerprint density at radius 1 is 0.822 bits per heavy atom. The molecule has 0 unspecified atom stereocenters. The van der Waals surface area contributed by atoms with Crippen LogP contribution in [0.1, 0.15) is 43.4 Å². The van der Waals surface area contributed by atoms with Gasteiger partial charge in [0.1, 0.15) is 5.60 Å². The van der Waals surface area contributed by atoms with Crippen LogP contribution in [0.2, 0.25) is 0 Å². The lowest BCUT2D eigenvalue weighted by molar-refractivity contribution is -0.176. The molecule has 5 atom stereocenters. The zero-order chi connectivity index (χ0) is 32.8. The molecular formula is C37H47NO7. The van der Waals surface area contributed by atoms with Gasteiger partial charge in [-0.3, -0.25) is 14.4 Å². The maximum atomic E-state index is 12.6. The van der Waals surface area contributed by atoms with Gasteiger partial charge in [-0.25, -0.2) is 5.06 Å². The summed E-state index contributed by atoms with van der Waals surface area (Å²) in [6, 6.07) is 30.5. The van der Waals surface area contributed by atoms with E-state index in [1.807, 2.05) is 61.5 Å². The van der Waals surface area contributed by atoms with E-state index in [1.54, 1.807) is 27.2 Å². The van der Waals surface area contributed by atoms with Gasteiger partial charge in [-0.05, 0) is 22.8 Å². The lowest BCUT2D eigenvalue weighted by atomic mass is 9.80. The standard InChI is InChI=1S/C37H47NO7/c1-27(22-23-32(39)24-34(40)28(2)36(41)38(3)44-6)35(43-5)25-33(42-4)26-45-37(29-16-10-7-11-17-29,30-18-12-8-13-19-30)31-20-14-9-15-21-31/h7-23,27-28,33-35,40H,24-26H2,1-6H3/b23-22+/t27-,28+,33+,34-,35-/m0/s1. The van der Waals surface area contributed by atoms with Gasteiger partial charge >= 0.3 is 0 Å². The topological polar surface area (TPSA) is 94.5 Å². The summed E-state index contributed by atoms with van der Waals surface area (Å²) < 4.78 is 18.7. The number of carbonyl (C=O) groups excluding carboxylic acids is 2. The van der Waals surface area contributed by atoms with Gasteiger partial charge < -0.3 is 19.3 Å². The van der Waals surface area contributed by atoms with Crippen molar-refractivity contribution >= 4 is 11.7 Å². The molecule has 0 radical (unpaired) electrons. The fraction of sp³-hybridized carbons (Fsp3) is 0.405. The lowest BCUT2D eigenvalue weighted by Gasteiger charge is -2.37. The molecule has 3 rings (SSSR count). The van der Waals surface area contributed by atoms with E-state index in [2.05, 4.69) is 36.4 Å². The number of rotatable bonds is 18. The van der Waals surface area contributed by atoms with Crippen molar-refractivity contribution < 1.29 is 33.7 Å². The van der Waals surface area contributed by atoms with Crippen LogP contribution in [0.5, 0.6) is 0 Å². The van der Waals surface area contributed by atoms with Gasteiger partial charge in [-0.2, -0.15) is 0 Å². The van der Waals surface area contributed by atoms with E-state index in [4.69, 9.17) is 19.0 Å². The fourth-order valence-electron chi connectivity index (χ4n) is 5.38. The SMILES string of the molecule is CO[C@@H](COC(c1ccccc1)(c1ccccc1)c1ccccc1)C[C@H](OC)[C@@H](C)/C=C/C(=O)C[C@H](O)[C@@H](C)C(=O)N(C)OC. The Labute approximate surface area is 267 Å². The summed E-state index contributed by atoms with van der Waals surface area (Å²) in [7, 11) is 6.12. The smallest absolute Gasteiger partial charge is 0.251 e. The second kappa shape index (κ2) is 17.7. The number of aliphatic hydroxyl groups excluding tert-OH is 1. The highest BCUT2D eigenvalue weighted by Gasteiger charge is 2.38. The summed E-state index contributed by atoms with van der Waals surface area (Å²) in [4.78, 5) is 29.8. The Balaban J connectivity index is 1.75. The minimum absolute atomic E-state index is 0.144. The van der Waals surface area contributed by atoms with E-state index in [0.717, 1.165) is 21.8 Å². The highest BCUT2D eigenvalue weighted by molar-refractivity contribution is 5.90. The third kappa shape index (κ3) is 9.42. The first-order valence-electron chi connectivity index (χ1n) is 15.2. The van der Waals surface area contributed by atoms with Crippen LogP contribution in [-0.4, -0.2) is 75.2 Å². The van der Waals surface area contributed by atoms with Gasteiger partial charge in [0.15, 0.2) is 5.78 Å². The van der Waals surface area contributed by atoms with E-state index in [9.17, 15) is 14.7 Å². The molecule has 8 heteroatoms. The maximum Gasteiger partial charge on any atom is 0.251 e. The van der Waals surface area contributed by atoms with Crippen LogP contribution in [0.3, 0.4) is 0 Å². The predicted octanol–water partition coefficient (Wildman–Crippen LogP) is 5.58. The van der Waals surface area contributed by atoms with Gasteiger partial charge in [-0.1, -0.05) is 111 Å². The molecule has 1 amide bonds. The third-order valence-corrected chi connectivity index (χ3v) is 8.29. The monoisotopic (exact) mass is 617 g/mol. The minimum Gasteiger partial charge on any atom is -0.392 e. The molecule has 0 heterocycles. The number of allylic oxidation sites excluding steroid dienone is 1. The summed E-state index contributed by atoms with van der Waals surface area (Å²) in [6.45, 7) is 3.81. The van der Waals surface area contributed by atoms with Crippen molar-refractivity contribution in [2.45, 2.75) is 50.6 Å². The Morgan fingerprint density at radius 3 is 1.73 bits per heavy atom. The molecule has 1 N–H and O–H groups in total. The summed E-state index contributed by atoms with van der Waals surface area (Å²) >= 11 is 0. The number of nitrogens with zero attached hydrogens (tertiary/aromatic N) is 1. The fourth-order valence-corrected chi connectivity index (χ4v) is 5.38. The predicted molar refractivity (Wildman–Crippen MR) is 174 cm³/mol. The number of hydroxylamine groups is 2. The molecule has 3 aromatic carbocycles. The molecule has 0 aromatic heterocycles. The molecular weight excluding hydrogens is 570 g/mol. The largest absolute Gasteiger partial charge is 0.392 e. The number of methoxy groups -OCH3 is 2. The second-order valence-corrected chi connectivity index (χ2v) is 11.2. The molecule has 0 spiro atoms. The van der Waals surface area contributed by atoms with Crippen molar-refractivity contribution in [1.82, 2.24) is 5.06 Å². The van der Waals surface area contributed by atoms with Crippen LogP contribution >= 0.6 is 0 Å². The number of ketones is 1. The van der Waals surface area contributed by atoms with Gasteiger partial charge in [0.25, 0.3) is 5.91 Å². The molecule has 0 fully saturated rings. The average molecular weight is 618 g/mol. The minimum atomic E-state index is -1.13. The molecule has 0 aliphatic rings. The summed E-state index contributed by atoms with van der Waals surface area (Å²) in [5.74, 6) is -1.62. The van der Waals surface area contributed by atoms with E-state index in [1.165, 1.54) is 20.2 Å². The van der Waals surface area contributed by atoms with E-state index in [0.29, 0.717) is 6.42 Å². The number of hydrogen-bond acceptors (Lipinski definition) is 7. The van der Waals surface area contributed by atoms with Crippen LogP contribution in [-0.2, 0) is 34.2 Å². The van der Waals surface area contributed by atoms with Crippen LogP contribution < -0.4 is 0 Å². The molecule has 3 aromatic rings.